The number of hydrogen-bond acceptors (Lipinski definition) is 4. The van der Waals surface area contributed by atoms with Gasteiger partial charge in [-0.1, -0.05) is 63.6 Å². The Bertz CT molecular complexity index is 762. The smallest absolute Gasteiger partial charge is 0.328 e. The Labute approximate surface area is 180 Å². The van der Waals surface area contributed by atoms with Gasteiger partial charge in [0.15, 0.2) is 0 Å². The molecule has 0 aliphatic heterocycles. The molecule has 0 unspecified atom stereocenters. The van der Waals surface area contributed by atoms with Gasteiger partial charge in [-0.05, 0) is 42.3 Å². The van der Waals surface area contributed by atoms with Crippen molar-refractivity contribution in [3.63, 3.8) is 0 Å². The average Bonchev–Trinajstić information content (AvgIpc) is 2.77. The van der Waals surface area contributed by atoms with Crippen LogP contribution in [0.3, 0.4) is 0 Å². The van der Waals surface area contributed by atoms with E-state index in [4.69, 9.17) is 9.84 Å². The van der Waals surface area contributed by atoms with Gasteiger partial charge in [-0.25, -0.2) is 9.78 Å². The normalized spacial score (nSPS) is 11.0. The topological polar surface area (TPSA) is 62.7 Å². The maximum absolute atomic E-state index is 10.7. The van der Waals surface area contributed by atoms with E-state index in [9.17, 15) is 4.79 Å². The van der Waals surface area contributed by atoms with Crippen molar-refractivity contribution in [2.24, 2.45) is 0 Å². The highest BCUT2D eigenvalue weighted by Crippen LogP contribution is 2.16. The standard InChI is InChI=1S/C25H34N2O3/c1-2-3-4-5-6-7-10-18-27(24-14-8-9-17-26-24)19-20-30-23-13-11-12-22(21-23)15-16-25(28)29/h8-9,11-17,21H,2-7,10,18-20H2,1H3,(H,28,29)/b16-15+. The lowest BCUT2D eigenvalue weighted by atomic mass is 10.1. The van der Waals surface area contributed by atoms with Gasteiger partial charge >= 0.3 is 5.97 Å². The molecule has 0 saturated heterocycles. The van der Waals surface area contributed by atoms with Gasteiger partial charge in [-0.3, -0.25) is 0 Å². The molecule has 1 aromatic heterocycles. The first kappa shape index (κ1) is 23.5. The van der Waals surface area contributed by atoms with Crippen molar-refractivity contribution in [3.8, 4) is 5.75 Å². The van der Waals surface area contributed by atoms with Gasteiger partial charge in [0.05, 0.1) is 6.54 Å². The second-order valence-corrected chi connectivity index (χ2v) is 7.39. The van der Waals surface area contributed by atoms with Gasteiger partial charge < -0.3 is 14.7 Å². The second kappa shape index (κ2) is 14.2. The summed E-state index contributed by atoms with van der Waals surface area (Å²) < 4.78 is 5.93. The minimum Gasteiger partial charge on any atom is -0.492 e. The quantitative estimate of drug-likeness (QED) is 0.296. The molecule has 1 heterocycles. The van der Waals surface area contributed by atoms with Crippen molar-refractivity contribution in [1.29, 1.82) is 0 Å². The third kappa shape index (κ3) is 9.59. The van der Waals surface area contributed by atoms with Crippen LogP contribution in [0, 0.1) is 0 Å². The van der Waals surface area contributed by atoms with Crippen LogP contribution in [0.4, 0.5) is 5.82 Å². The largest absolute Gasteiger partial charge is 0.492 e. The van der Waals surface area contributed by atoms with Crippen LogP contribution in [0.2, 0.25) is 0 Å². The lowest BCUT2D eigenvalue weighted by Gasteiger charge is -2.24. The Balaban J connectivity index is 1.83. The number of benzene rings is 1. The molecule has 162 valence electrons. The molecule has 1 N–H and O–H groups in total. The predicted molar refractivity (Wildman–Crippen MR) is 123 cm³/mol. The number of anilines is 1. The minimum atomic E-state index is -0.960. The molecule has 0 radical (unpaired) electrons. The van der Waals surface area contributed by atoms with Crippen LogP contribution in [0.1, 0.15) is 57.4 Å². The van der Waals surface area contributed by atoms with Crippen LogP contribution < -0.4 is 9.64 Å². The van der Waals surface area contributed by atoms with E-state index in [2.05, 4.69) is 16.8 Å². The third-order valence-corrected chi connectivity index (χ3v) is 4.91. The molecule has 1 aromatic carbocycles. The number of nitrogens with zero attached hydrogens (tertiary/aromatic N) is 2. The van der Waals surface area contributed by atoms with E-state index in [1.54, 1.807) is 6.08 Å². The van der Waals surface area contributed by atoms with Crippen molar-refractivity contribution < 1.29 is 14.6 Å². The number of hydrogen-bond donors (Lipinski definition) is 1. The maximum atomic E-state index is 10.7. The summed E-state index contributed by atoms with van der Waals surface area (Å²) in [6.07, 6.45) is 13.5. The van der Waals surface area contributed by atoms with Crippen molar-refractivity contribution in [3.05, 3.63) is 60.3 Å². The van der Waals surface area contributed by atoms with Crippen LogP contribution in [-0.2, 0) is 4.79 Å². The predicted octanol–water partition coefficient (Wildman–Crippen LogP) is 5.82. The number of carboxylic acid groups (broad SMARTS) is 1. The minimum absolute atomic E-state index is 0.541. The van der Waals surface area contributed by atoms with Gasteiger partial charge in [0.2, 0.25) is 0 Å². The zero-order chi connectivity index (χ0) is 21.4. The third-order valence-electron chi connectivity index (χ3n) is 4.91. The number of ether oxygens (including phenoxy) is 1. The molecule has 0 spiro atoms. The van der Waals surface area contributed by atoms with Crippen LogP contribution in [-0.4, -0.2) is 35.8 Å². The van der Waals surface area contributed by atoms with E-state index in [1.807, 2.05) is 48.7 Å². The Morgan fingerprint density at radius 2 is 1.83 bits per heavy atom. The summed E-state index contributed by atoms with van der Waals surface area (Å²) in [6.45, 7) is 4.51. The Morgan fingerprint density at radius 1 is 1.03 bits per heavy atom. The number of pyridine rings is 1. The highest BCUT2D eigenvalue weighted by Gasteiger charge is 2.08. The lowest BCUT2D eigenvalue weighted by molar-refractivity contribution is -0.131. The summed E-state index contributed by atoms with van der Waals surface area (Å²) in [6, 6.07) is 13.4. The van der Waals surface area contributed by atoms with Crippen molar-refractivity contribution >= 4 is 17.9 Å². The van der Waals surface area contributed by atoms with Crippen molar-refractivity contribution in [1.82, 2.24) is 4.98 Å². The highest BCUT2D eigenvalue weighted by molar-refractivity contribution is 5.85. The number of aliphatic carboxylic acids is 1. The Hall–Kier alpha value is -2.82. The van der Waals surface area contributed by atoms with Crippen LogP contribution in [0.15, 0.2) is 54.7 Å². The van der Waals surface area contributed by atoms with E-state index in [1.165, 1.54) is 38.5 Å². The van der Waals surface area contributed by atoms with Crippen molar-refractivity contribution in [2.75, 3.05) is 24.6 Å². The molecule has 0 amide bonds. The summed E-state index contributed by atoms with van der Waals surface area (Å²) in [5.41, 5.74) is 0.805. The molecule has 5 nitrogen and oxygen atoms in total. The molecule has 5 heteroatoms. The highest BCUT2D eigenvalue weighted by atomic mass is 16.5. The number of rotatable bonds is 15. The number of carbonyl (C=O) groups is 1. The molecule has 0 aliphatic carbocycles. The Kier molecular flexibility index (Phi) is 11.1. The molecule has 30 heavy (non-hydrogen) atoms. The summed E-state index contributed by atoms with van der Waals surface area (Å²) >= 11 is 0. The van der Waals surface area contributed by atoms with Crippen LogP contribution in [0.5, 0.6) is 5.75 Å². The van der Waals surface area contributed by atoms with E-state index in [0.717, 1.165) is 42.7 Å². The molecule has 0 bridgehead atoms. The molecular formula is C25H34N2O3. The molecule has 2 aromatic rings. The average molecular weight is 411 g/mol. The lowest BCUT2D eigenvalue weighted by Crippen LogP contribution is -2.30. The molecule has 0 aliphatic rings. The zero-order valence-electron chi connectivity index (χ0n) is 18.0. The Morgan fingerprint density at radius 3 is 2.57 bits per heavy atom. The summed E-state index contributed by atoms with van der Waals surface area (Å²) in [5.74, 6) is 0.752. The van der Waals surface area contributed by atoms with Gasteiger partial charge in [0.1, 0.15) is 18.2 Å². The van der Waals surface area contributed by atoms with Gasteiger partial charge in [0, 0.05) is 18.8 Å². The summed E-state index contributed by atoms with van der Waals surface area (Å²) in [5, 5.41) is 8.77. The first-order valence-corrected chi connectivity index (χ1v) is 11.0. The zero-order valence-corrected chi connectivity index (χ0v) is 18.0. The molecule has 0 saturated carbocycles. The van der Waals surface area contributed by atoms with E-state index < -0.39 is 5.97 Å². The first-order valence-electron chi connectivity index (χ1n) is 11.0. The molecule has 0 fully saturated rings. The monoisotopic (exact) mass is 410 g/mol. The fourth-order valence-electron chi connectivity index (χ4n) is 3.29. The van der Waals surface area contributed by atoms with E-state index in [-0.39, 0.29) is 0 Å². The summed E-state index contributed by atoms with van der Waals surface area (Å²) in [4.78, 5) is 17.5. The van der Waals surface area contributed by atoms with Crippen LogP contribution in [0.25, 0.3) is 6.08 Å². The van der Waals surface area contributed by atoms with E-state index in [0.29, 0.717) is 6.61 Å². The summed E-state index contributed by atoms with van der Waals surface area (Å²) in [7, 11) is 0. The van der Waals surface area contributed by atoms with Gasteiger partial charge in [-0.2, -0.15) is 0 Å². The second-order valence-electron chi connectivity index (χ2n) is 7.39. The SMILES string of the molecule is CCCCCCCCCN(CCOc1cccc(/C=C/C(=O)O)c1)c1ccccn1. The van der Waals surface area contributed by atoms with Crippen molar-refractivity contribution in [2.45, 2.75) is 51.9 Å². The number of unbranched alkanes of at least 4 members (excludes halogenated alkanes) is 6. The molecular weight excluding hydrogens is 376 g/mol. The fraction of sp³-hybridized carbons (Fsp3) is 0.440. The van der Waals surface area contributed by atoms with Gasteiger partial charge in [0.25, 0.3) is 0 Å². The number of aromatic nitrogens is 1. The number of carboxylic acids is 1. The van der Waals surface area contributed by atoms with E-state index >= 15 is 0 Å². The maximum Gasteiger partial charge on any atom is 0.328 e. The van der Waals surface area contributed by atoms with Crippen LogP contribution >= 0.6 is 0 Å². The fourth-order valence-corrected chi connectivity index (χ4v) is 3.29. The van der Waals surface area contributed by atoms with Gasteiger partial charge in [-0.15, -0.1) is 0 Å². The molecule has 0 atom stereocenters. The molecule has 2 rings (SSSR count). The first-order chi connectivity index (χ1) is 14.7.